The summed E-state index contributed by atoms with van der Waals surface area (Å²) >= 11 is 0. The Bertz CT molecular complexity index is 238. The second-order valence-corrected chi connectivity index (χ2v) is 3.90. The van der Waals surface area contributed by atoms with E-state index < -0.39 is 12.6 Å². The van der Waals surface area contributed by atoms with Crippen LogP contribution in [0.5, 0.6) is 0 Å². The summed E-state index contributed by atoms with van der Waals surface area (Å²) in [6.45, 7) is 3.28. The van der Waals surface area contributed by atoms with Gasteiger partial charge in [-0.3, -0.25) is 0 Å². The summed E-state index contributed by atoms with van der Waals surface area (Å²) in [7, 11) is 0. The largest absolute Gasteiger partial charge is 0.496 e. The van der Waals surface area contributed by atoms with Crippen molar-refractivity contribution >= 4 is 0 Å². The first-order valence-electron chi connectivity index (χ1n) is 5.66. The molecule has 0 aromatic heterocycles. The molecule has 0 aromatic carbocycles. The van der Waals surface area contributed by atoms with E-state index in [2.05, 4.69) is 5.32 Å². The van der Waals surface area contributed by atoms with E-state index in [4.69, 9.17) is 4.74 Å². The minimum atomic E-state index is -4.09. The van der Waals surface area contributed by atoms with Gasteiger partial charge < -0.3 is 10.1 Å². The molecule has 0 fully saturated rings. The lowest BCUT2D eigenvalue weighted by molar-refractivity contribution is -0.136. The zero-order chi connectivity index (χ0) is 12.0. The molecule has 94 valence electrons. The molecule has 1 heterocycles. The van der Waals surface area contributed by atoms with Crippen LogP contribution in [0.2, 0.25) is 0 Å². The molecule has 0 aliphatic carbocycles. The zero-order valence-electron chi connectivity index (χ0n) is 9.44. The predicted molar refractivity (Wildman–Crippen MR) is 56.0 cm³/mol. The molecule has 5 heteroatoms. The Morgan fingerprint density at radius 1 is 1.50 bits per heavy atom. The Hall–Kier alpha value is -0.710. The predicted octanol–water partition coefficient (Wildman–Crippen LogP) is 3.00. The van der Waals surface area contributed by atoms with Gasteiger partial charge in [-0.15, -0.1) is 0 Å². The summed E-state index contributed by atoms with van der Waals surface area (Å²) in [6.07, 6.45) is -1.24. The van der Waals surface area contributed by atoms with Gasteiger partial charge in [0, 0.05) is 12.8 Å². The lowest BCUT2D eigenvalue weighted by atomic mass is 10.1. The van der Waals surface area contributed by atoms with Crippen LogP contribution in [0.1, 0.15) is 32.6 Å². The van der Waals surface area contributed by atoms with Gasteiger partial charge in [0.05, 0.1) is 12.6 Å². The van der Waals surface area contributed by atoms with Crippen molar-refractivity contribution in [2.45, 2.75) is 44.8 Å². The topological polar surface area (TPSA) is 21.3 Å². The Morgan fingerprint density at radius 3 is 2.75 bits per heavy atom. The van der Waals surface area contributed by atoms with Gasteiger partial charge in [0.2, 0.25) is 0 Å². The highest BCUT2D eigenvalue weighted by Crippen LogP contribution is 2.25. The number of rotatable bonds is 6. The van der Waals surface area contributed by atoms with E-state index in [1.165, 1.54) is 0 Å². The van der Waals surface area contributed by atoms with Crippen LogP contribution in [0.4, 0.5) is 13.2 Å². The van der Waals surface area contributed by atoms with Crippen LogP contribution < -0.4 is 5.32 Å². The molecule has 2 nitrogen and oxygen atoms in total. The van der Waals surface area contributed by atoms with Crippen LogP contribution in [0.3, 0.4) is 0 Å². The molecular formula is C11H18F3NO. The molecule has 0 radical (unpaired) electrons. The summed E-state index contributed by atoms with van der Waals surface area (Å²) in [5.41, 5.74) is 0. The van der Waals surface area contributed by atoms with E-state index in [0.29, 0.717) is 18.9 Å². The van der Waals surface area contributed by atoms with Crippen LogP contribution in [0.25, 0.3) is 0 Å². The molecule has 0 saturated carbocycles. The Labute approximate surface area is 93.9 Å². The molecule has 1 aliphatic heterocycles. The van der Waals surface area contributed by atoms with Crippen molar-refractivity contribution in [3.63, 3.8) is 0 Å². The quantitative estimate of drug-likeness (QED) is 0.766. The van der Waals surface area contributed by atoms with Crippen molar-refractivity contribution in [1.82, 2.24) is 5.32 Å². The summed E-state index contributed by atoms with van der Waals surface area (Å²) in [6, 6.07) is -0.288. The molecule has 1 N–H and O–H groups in total. The summed E-state index contributed by atoms with van der Waals surface area (Å²) < 4.78 is 41.7. The maximum absolute atomic E-state index is 12.1. The van der Waals surface area contributed by atoms with Crippen LogP contribution in [0.15, 0.2) is 11.8 Å². The van der Waals surface area contributed by atoms with E-state index in [1.807, 2.05) is 13.0 Å². The number of alkyl halides is 3. The number of hydrogen-bond acceptors (Lipinski definition) is 2. The monoisotopic (exact) mass is 237 g/mol. The maximum atomic E-state index is 12.1. The first-order valence-corrected chi connectivity index (χ1v) is 5.66. The fourth-order valence-electron chi connectivity index (χ4n) is 1.65. The first-order chi connectivity index (χ1) is 7.53. The average Bonchev–Trinajstić information content (AvgIpc) is 2.69. The average molecular weight is 237 g/mol. The van der Waals surface area contributed by atoms with E-state index in [9.17, 15) is 13.2 Å². The van der Waals surface area contributed by atoms with Gasteiger partial charge in [0.1, 0.15) is 5.76 Å². The van der Waals surface area contributed by atoms with Gasteiger partial charge >= 0.3 is 6.18 Å². The van der Waals surface area contributed by atoms with Crippen molar-refractivity contribution in [1.29, 1.82) is 0 Å². The van der Waals surface area contributed by atoms with Gasteiger partial charge in [-0.25, -0.2) is 0 Å². The Morgan fingerprint density at radius 2 is 2.25 bits per heavy atom. The van der Waals surface area contributed by atoms with Crippen LogP contribution in [0, 0.1) is 0 Å². The normalized spacial score (nSPS) is 18.1. The number of halogens is 3. The summed E-state index contributed by atoms with van der Waals surface area (Å²) in [5.74, 6) is 0.678. The van der Waals surface area contributed by atoms with E-state index in [-0.39, 0.29) is 12.5 Å². The zero-order valence-corrected chi connectivity index (χ0v) is 9.44. The second-order valence-electron chi connectivity index (χ2n) is 3.90. The lowest BCUT2D eigenvalue weighted by Crippen LogP contribution is -2.33. The van der Waals surface area contributed by atoms with Crippen LogP contribution >= 0.6 is 0 Å². The van der Waals surface area contributed by atoms with Crippen molar-refractivity contribution < 1.29 is 17.9 Å². The van der Waals surface area contributed by atoms with E-state index >= 15 is 0 Å². The van der Waals surface area contributed by atoms with Crippen LogP contribution in [-0.2, 0) is 4.74 Å². The standard InChI is InChI=1S/C11H18F3NO/c1-2-7-15-9(5-6-11(12,13)14)10-4-3-8-16-10/h4,9,15H,2-3,5-8H2,1H3. The fraction of sp³-hybridized carbons (Fsp3) is 0.818. The molecule has 16 heavy (non-hydrogen) atoms. The molecule has 1 aliphatic rings. The van der Waals surface area contributed by atoms with Gasteiger partial charge in [-0.2, -0.15) is 13.2 Å². The lowest BCUT2D eigenvalue weighted by Gasteiger charge is -2.20. The summed E-state index contributed by atoms with van der Waals surface area (Å²) in [5, 5.41) is 3.09. The van der Waals surface area contributed by atoms with Gasteiger partial charge in [-0.05, 0) is 25.5 Å². The third-order valence-corrected chi connectivity index (χ3v) is 2.43. The molecule has 0 amide bonds. The number of nitrogens with one attached hydrogen (secondary N) is 1. The van der Waals surface area contributed by atoms with Crippen LogP contribution in [-0.4, -0.2) is 25.4 Å². The van der Waals surface area contributed by atoms with E-state index in [1.54, 1.807) is 0 Å². The summed E-state index contributed by atoms with van der Waals surface area (Å²) in [4.78, 5) is 0. The van der Waals surface area contributed by atoms with Crippen molar-refractivity contribution in [3.8, 4) is 0 Å². The molecule has 1 rings (SSSR count). The molecule has 0 bridgehead atoms. The SMILES string of the molecule is CCCNC(CCC(F)(F)F)C1=CCCO1. The Balaban J connectivity index is 2.43. The van der Waals surface area contributed by atoms with Crippen molar-refractivity contribution in [3.05, 3.63) is 11.8 Å². The third-order valence-electron chi connectivity index (χ3n) is 2.43. The molecule has 0 saturated heterocycles. The first kappa shape index (κ1) is 13.4. The molecule has 1 atom stereocenters. The molecule has 0 spiro atoms. The third kappa shape index (κ3) is 4.88. The van der Waals surface area contributed by atoms with E-state index in [0.717, 1.165) is 12.8 Å². The maximum Gasteiger partial charge on any atom is 0.389 e. The molecule has 1 unspecified atom stereocenters. The smallest absolute Gasteiger partial charge is 0.389 e. The second kappa shape index (κ2) is 6.13. The Kier molecular flexibility index (Phi) is 5.12. The van der Waals surface area contributed by atoms with Gasteiger partial charge in [-0.1, -0.05) is 6.92 Å². The fourth-order valence-corrected chi connectivity index (χ4v) is 1.65. The van der Waals surface area contributed by atoms with Crippen molar-refractivity contribution in [2.75, 3.05) is 13.2 Å². The van der Waals surface area contributed by atoms with Crippen molar-refractivity contribution in [2.24, 2.45) is 0 Å². The molecular weight excluding hydrogens is 219 g/mol. The van der Waals surface area contributed by atoms with Gasteiger partial charge in [0.25, 0.3) is 0 Å². The number of hydrogen-bond donors (Lipinski definition) is 1. The minimum absolute atomic E-state index is 0.0509. The highest BCUT2D eigenvalue weighted by Gasteiger charge is 2.30. The highest BCUT2D eigenvalue weighted by atomic mass is 19.4. The highest BCUT2D eigenvalue weighted by molar-refractivity contribution is 5.07. The minimum Gasteiger partial charge on any atom is -0.496 e. The van der Waals surface area contributed by atoms with Gasteiger partial charge in [0.15, 0.2) is 0 Å². The molecule has 0 aromatic rings. The number of ether oxygens (including phenoxy) is 1.